The van der Waals surface area contributed by atoms with Crippen LogP contribution in [0.25, 0.3) is 0 Å². The Bertz CT molecular complexity index is 1010. The van der Waals surface area contributed by atoms with Crippen LogP contribution in [-0.2, 0) is 4.79 Å². The zero-order valence-electron chi connectivity index (χ0n) is 17.8. The van der Waals surface area contributed by atoms with Gasteiger partial charge < -0.3 is 20.1 Å². The molecule has 0 saturated heterocycles. The number of carbonyl (C=O) groups is 2. The monoisotopic (exact) mass is 462 g/mol. The Balaban J connectivity index is 1.59. The summed E-state index contributed by atoms with van der Waals surface area (Å²) in [5, 5.41) is 12.4. The summed E-state index contributed by atoms with van der Waals surface area (Å²) in [5.74, 6) is -1.30. The largest absolute Gasteiger partial charge is 0.573 e. The third-order valence-corrected chi connectivity index (χ3v) is 6.31. The zero-order valence-corrected chi connectivity index (χ0v) is 17.8. The summed E-state index contributed by atoms with van der Waals surface area (Å²) in [5.41, 5.74) is 2.04. The first-order chi connectivity index (χ1) is 15.7. The first-order valence-corrected chi connectivity index (χ1v) is 11.0. The number of ether oxygens (including phenoxy) is 1. The van der Waals surface area contributed by atoms with Gasteiger partial charge in [0.15, 0.2) is 0 Å². The molecule has 2 aromatic carbocycles. The molecule has 1 aliphatic carbocycles. The summed E-state index contributed by atoms with van der Waals surface area (Å²) in [6, 6.07) is 12.6. The molecule has 33 heavy (non-hydrogen) atoms. The number of amides is 1. The second-order valence-corrected chi connectivity index (χ2v) is 8.40. The number of hydrogen-bond acceptors (Lipinski definition) is 4. The molecule has 0 radical (unpaired) electrons. The second-order valence-electron chi connectivity index (χ2n) is 8.40. The number of benzene rings is 2. The van der Waals surface area contributed by atoms with Gasteiger partial charge in [0.2, 0.25) is 0 Å². The van der Waals surface area contributed by atoms with Gasteiger partial charge in [-0.1, -0.05) is 24.6 Å². The van der Waals surface area contributed by atoms with Gasteiger partial charge >= 0.3 is 12.3 Å². The van der Waals surface area contributed by atoms with Crippen LogP contribution in [0.5, 0.6) is 5.75 Å². The van der Waals surface area contributed by atoms with E-state index < -0.39 is 12.3 Å². The molecule has 4 rings (SSSR count). The molecule has 0 bridgehead atoms. The average Bonchev–Trinajstić information content (AvgIpc) is 3.24. The summed E-state index contributed by atoms with van der Waals surface area (Å²) >= 11 is 0. The minimum absolute atomic E-state index is 0.00843. The second kappa shape index (κ2) is 9.43. The van der Waals surface area contributed by atoms with Crippen LogP contribution in [0, 0.1) is 5.92 Å². The molecule has 3 atom stereocenters. The van der Waals surface area contributed by atoms with Gasteiger partial charge in [-0.3, -0.25) is 9.59 Å². The molecule has 9 heteroatoms. The number of halogens is 3. The van der Waals surface area contributed by atoms with Crippen LogP contribution in [0.15, 0.2) is 48.5 Å². The topological polar surface area (TPSA) is 78.9 Å². The summed E-state index contributed by atoms with van der Waals surface area (Å²) in [6.07, 6.45) is -1.47. The molecule has 6 nitrogen and oxygen atoms in total. The van der Waals surface area contributed by atoms with Crippen molar-refractivity contribution in [2.24, 2.45) is 5.92 Å². The molecule has 2 aromatic rings. The number of aliphatic carboxylic acids is 1. The van der Waals surface area contributed by atoms with Crippen molar-refractivity contribution in [1.29, 1.82) is 0 Å². The Hall–Kier alpha value is -3.07. The van der Waals surface area contributed by atoms with E-state index in [1.54, 1.807) is 4.90 Å². The molecule has 2 aliphatic rings. The van der Waals surface area contributed by atoms with Gasteiger partial charge in [0, 0.05) is 29.8 Å². The Labute approximate surface area is 189 Å². The fourth-order valence-electron chi connectivity index (χ4n) is 5.01. The number of nitrogens with zero attached hydrogens (tertiary/aromatic N) is 1. The highest BCUT2D eigenvalue weighted by molar-refractivity contribution is 6.07. The number of carbonyl (C=O) groups excluding carboxylic acids is 1. The molecule has 0 spiro atoms. The van der Waals surface area contributed by atoms with Crippen LogP contribution in [0.4, 0.5) is 18.9 Å². The predicted molar refractivity (Wildman–Crippen MR) is 115 cm³/mol. The quantitative estimate of drug-likeness (QED) is 0.572. The van der Waals surface area contributed by atoms with E-state index in [4.69, 9.17) is 5.11 Å². The van der Waals surface area contributed by atoms with E-state index >= 15 is 0 Å². The highest BCUT2D eigenvalue weighted by Crippen LogP contribution is 2.48. The van der Waals surface area contributed by atoms with E-state index in [0.29, 0.717) is 13.0 Å². The molecule has 1 heterocycles. The standard InChI is InChI=1S/C24H25F3N2O4/c25-24(26,27)33-16-12-10-15(11-13-16)23(32)29-19-7-2-1-5-17(19)22(18-6-3-8-20(18)29)28-14-4-9-21(30)31/h1-2,5,7,10-13,18,20,22,28H,3-4,6,8-9,14H2,(H,30,31). The number of fused-ring (bicyclic) bond motifs is 2. The van der Waals surface area contributed by atoms with E-state index in [9.17, 15) is 22.8 Å². The third-order valence-electron chi connectivity index (χ3n) is 6.31. The van der Waals surface area contributed by atoms with Crippen LogP contribution >= 0.6 is 0 Å². The Kier molecular flexibility index (Phi) is 6.60. The number of para-hydroxylation sites is 1. The van der Waals surface area contributed by atoms with Gasteiger partial charge in [0.05, 0.1) is 0 Å². The SMILES string of the molecule is O=C(O)CCCNC1c2ccccc2N(C(=O)c2ccc(OC(F)(F)F)cc2)C2CCCC12. The van der Waals surface area contributed by atoms with Crippen molar-refractivity contribution in [2.45, 2.75) is 50.6 Å². The minimum Gasteiger partial charge on any atom is -0.481 e. The van der Waals surface area contributed by atoms with Crippen LogP contribution in [-0.4, -0.2) is 35.9 Å². The Morgan fingerprint density at radius 2 is 1.82 bits per heavy atom. The normalized spacial score (nSPS) is 21.9. The molecular weight excluding hydrogens is 437 g/mol. The number of alkyl halides is 3. The van der Waals surface area contributed by atoms with E-state index in [1.165, 1.54) is 12.1 Å². The lowest BCUT2D eigenvalue weighted by Gasteiger charge is -2.44. The van der Waals surface area contributed by atoms with Gasteiger partial charge in [-0.05, 0) is 67.6 Å². The summed E-state index contributed by atoms with van der Waals surface area (Å²) in [6.45, 7) is 0.559. The van der Waals surface area contributed by atoms with Gasteiger partial charge in [0.1, 0.15) is 5.75 Å². The van der Waals surface area contributed by atoms with Crippen molar-refractivity contribution in [2.75, 3.05) is 11.4 Å². The average molecular weight is 462 g/mol. The Morgan fingerprint density at radius 3 is 2.52 bits per heavy atom. The lowest BCUT2D eigenvalue weighted by molar-refractivity contribution is -0.274. The molecular formula is C24H25F3N2O4. The van der Waals surface area contributed by atoms with Crippen LogP contribution < -0.4 is 15.0 Å². The Morgan fingerprint density at radius 1 is 1.09 bits per heavy atom. The molecule has 0 aromatic heterocycles. The lowest BCUT2D eigenvalue weighted by Crippen LogP contribution is -2.50. The summed E-state index contributed by atoms with van der Waals surface area (Å²) < 4.78 is 41.3. The fraction of sp³-hybridized carbons (Fsp3) is 0.417. The van der Waals surface area contributed by atoms with Crippen molar-refractivity contribution >= 4 is 17.6 Å². The van der Waals surface area contributed by atoms with E-state index in [1.807, 2.05) is 24.3 Å². The van der Waals surface area contributed by atoms with Crippen molar-refractivity contribution in [3.8, 4) is 5.75 Å². The number of hydrogen-bond donors (Lipinski definition) is 2. The van der Waals surface area contributed by atoms with Crippen LogP contribution in [0.3, 0.4) is 0 Å². The van der Waals surface area contributed by atoms with Crippen molar-refractivity contribution < 1.29 is 32.6 Å². The molecule has 1 aliphatic heterocycles. The number of carboxylic acid groups (broad SMARTS) is 1. The maximum Gasteiger partial charge on any atom is 0.573 e. The highest BCUT2D eigenvalue weighted by Gasteiger charge is 2.45. The molecule has 2 N–H and O–H groups in total. The van der Waals surface area contributed by atoms with Crippen LogP contribution in [0.1, 0.15) is 54.1 Å². The van der Waals surface area contributed by atoms with Gasteiger partial charge in [0.25, 0.3) is 5.91 Å². The molecule has 176 valence electrons. The third kappa shape index (κ3) is 5.13. The number of carboxylic acids is 1. The summed E-state index contributed by atoms with van der Waals surface area (Å²) in [7, 11) is 0. The molecule has 1 fully saturated rings. The predicted octanol–water partition coefficient (Wildman–Crippen LogP) is 4.91. The van der Waals surface area contributed by atoms with Crippen molar-refractivity contribution in [3.63, 3.8) is 0 Å². The van der Waals surface area contributed by atoms with Gasteiger partial charge in [-0.15, -0.1) is 13.2 Å². The van der Waals surface area contributed by atoms with Crippen molar-refractivity contribution in [1.82, 2.24) is 5.32 Å². The van der Waals surface area contributed by atoms with Gasteiger partial charge in [-0.25, -0.2) is 0 Å². The first-order valence-electron chi connectivity index (χ1n) is 11.0. The molecule has 1 amide bonds. The molecule has 1 saturated carbocycles. The number of nitrogens with one attached hydrogen (secondary N) is 1. The van der Waals surface area contributed by atoms with Crippen molar-refractivity contribution in [3.05, 3.63) is 59.7 Å². The summed E-state index contributed by atoms with van der Waals surface area (Å²) in [4.78, 5) is 26.1. The number of anilines is 1. The first kappa shape index (κ1) is 23.1. The smallest absolute Gasteiger partial charge is 0.481 e. The number of rotatable bonds is 7. The van der Waals surface area contributed by atoms with Crippen LogP contribution in [0.2, 0.25) is 0 Å². The van der Waals surface area contributed by atoms with E-state index in [-0.39, 0.29) is 41.6 Å². The van der Waals surface area contributed by atoms with E-state index in [2.05, 4.69) is 10.1 Å². The zero-order chi connectivity index (χ0) is 23.6. The van der Waals surface area contributed by atoms with Gasteiger partial charge in [-0.2, -0.15) is 0 Å². The fourth-order valence-corrected chi connectivity index (χ4v) is 5.01. The highest BCUT2D eigenvalue weighted by atomic mass is 19.4. The maximum atomic E-state index is 13.5. The maximum absolute atomic E-state index is 13.5. The minimum atomic E-state index is -4.79. The molecule has 3 unspecified atom stereocenters. The van der Waals surface area contributed by atoms with E-state index in [0.717, 1.165) is 42.6 Å². The lowest BCUT2D eigenvalue weighted by atomic mass is 9.82.